The second-order valence-corrected chi connectivity index (χ2v) is 6.36. The molecule has 0 spiro atoms. The van der Waals surface area contributed by atoms with Crippen molar-refractivity contribution in [3.05, 3.63) is 66.2 Å². The van der Waals surface area contributed by atoms with Gasteiger partial charge in [0.05, 0.1) is 5.69 Å². The van der Waals surface area contributed by atoms with Crippen LogP contribution < -0.4 is 10.2 Å². The summed E-state index contributed by atoms with van der Waals surface area (Å²) in [6.07, 6.45) is 0. The second-order valence-electron chi connectivity index (χ2n) is 6.36. The number of likely N-dealkylation sites (N-methyl/N-ethyl adjacent to an activating group) is 1. The minimum Gasteiger partial charge on any atom is -0.508 e. The lowest BCUT2D eigenvalue weighted by Crippen LogP contribution is -2.35. The van der Waals surface area contributed by atoms with Crippen molar-refractivity contribution in [2.24, 2.45) is 0 Å². The zero-order valence-corrected chi connectivity index (χ0v) is 15.0. The molecule has 3 aromatic rings. The van der Waals surface area contributed by atoms with Crippen molar-refractivity contribution >= 4 is 22.4 Å². The highest BCUT2D eigenvalue weighted by Crippen LogP contribution is 2.34. The molecule has 6 nitrogen and oxygen atoms in total. The normalized spacial score (nSPS) is 12.0. The van der Waals surface area contributed by atoms with E-state index < -0.39 is 12.0 Å². The van der Waals surface area contributed by atoms with Crippen molar-refractivity contribution in [2.45, 2.75) is 6.04 Å². The summed E-state index contributed by atoms with van der Waals surface area (Å²) >= 11 is 0. The number of hydrogen-bond acceptors (Lipinski definition) is 5. The largest absolute Gasteiger partial charge is 0.508 e. The summed E-state index contributed by atoms with van der Waals surface area (Å²) < 4.78 is 0. The molecule has 1 atom stereocenters. The zero-order chi connectivity index (χ0) is 19.4. The predicted octanol–water partition coefficient (Wildman–Crippen LogP) is 3.10. The minimum absolute atomic E-state index is 0.0579. The zero-order valence-electron chi connectivity index (χ0n) is 15.0. The molecule has 3 aromatic carbocycles. The molecule has 0 saturated heterocycles. The van der Waals surface area contributed by atoms with Crippen LogP contribution in [0.3, 0.4) is 0 Å². The Kier molecular flexibility index (Phi) is 5.47. The Bertz CT molecular complexity index is 958. The lowest BCUT2D eigenvalue weighted by Gasteiger charge is -2.24. The van der Waals surface area contributed by atoms with Crippen molar-refractivity contribution in [1.29, 1.82) is 0 Å². The molecule has 0 aromatic heterocycles. The molecule has 6 heteroatoms. The van der Waals surface area contributed by atoms with Crippen molar-refractivity contribution in [2.75, 3.05) is 25.0 Å². The summed E-state index contributed by atoms with van der Waals surface area (Å²) in [5, 5.41) is 34.6. The number of carboxylic acid groups (broad SMARTS) is 1. The number of rotatable bonds is 7. The third-order valence-electron chi connectivity index (χ3n) is 4.55. The highest BCUT2D eigenvalue weighted by Gasteiger charge is 2.22. The van der Waals surface area contributed by atoms with Gasteiger partial charge in [-0.05, 0) is 17.5 Å². The monoisotopic (exact) mass is 366 g/mol. The van der Waals surface area contributed by atoms with Crippen molar-refractivity contribution < 1.29 is 20.1 Å². The average molecular weight is 366 g/mol. The molecule has 0 amide bonds. The van der Waals surface area contributed by atoms with Crippen LogP contribution >= 0.6 is 0 Å². The number of phenolic OH excluding ortho intramolecular Hbond substituents is 2. The molecule has 0 radical (unpaired) electrons. The molecular formula is C21H22N2O4. The summed E-state index contributed by atoms with van der Waals surface area (Å²) in [5.41, 5.74) is 1.02. The second kappa shape index (κ2) is 7.97. The summed E-state index contributed by atoms with van der Waals surface area (Å²) in [6.45, 7) is 0.823. The number of phenols is 2. The first-order chi connectivity index (χ1) is 13.0. The van der Waals surface area contributed by atoms with Gasteiger partial charge in [0.25, 0.3) is 0 Å². The van der Waals surface area contributed by atoms with Gasteiger partial charge in [-0.3, -0.25) is 10.1 Å². The number of aliphatic carboxylic acids is 1. The quantitative estimate of drug-likeness (QED) is 0.513. The molecule has 0 bridgehead atoms. The van der Waals surface area contributed by atoms with E-state index in [0.29, 0.717) is 24.3 Å². The topological polar surface area (TPSA) is 93.0 Å². The Morgan fingerprint density at radius 3 is 2.44 bits per heavy atom. The number of carbonyl (C=O) groups is 1. The summed E-state index contributed by atoms with van der Waals surface area (Å²) in [5.74, 6) is -0.948. The lowest BCUT2D eigenvalue weighted by atomic mass is 10.1. The number of fused-ring (bicyclic) bond motifs is 1. The van der Waals surface area contributed by atoms with Crippen LogP contribution in [0.1, 0.15) is 11.6 Å². The Balaban J connectivity index is 1.74. The molecule has 0 aliphatic rings. The van der Waals surface area contributed by atoms with Gasteiger partial charge in [0.1, 0.15) is 17.5 Å². The molecule has 0 saturated carbocycles. The molecule has 140 valence electrons. The van der Waals surface area contributed by atoms with Crippen LogP contribution in [-0.4, -0.2) is 41.4 Å². The number of hydrogen-bond donors (Lipinski definition) is 4. The van der Waals surface area contributed by atoms with E-state index >= 15 is 0 Å². The SMILES string of the molecule is CN(CCNC(C(=O)O)c1ccccc1O)c1c(O)ccc2ccccc12. The first-order valence-electron chi connectivity index (χ1n) is 8.65. The van der Waals surface area contributed by atoms with Gasteiger partial charge < -0.3 is 20.2 Å². The lowest BCUT2D eigenvalue weighted by molar-refractivity contribution is -0.139. The van der Waals surface area contributed by atoms with Gasteiger partial charge in [0, 0.05) is 31.1 Å². The Labute approximate surface area is 157 Å². The predicted molar refractivity (Wildman–Crippen MR) is 105 cm³/mol. The Morgan fingerprint density at radius 1 is 1.00 bits per heavy atom. The number of benzene rings is 3. The molecule has 27 heavy (non-hydrogen) atoms. The minimum atomic E-state index is -1.06. The van der Waals surface area contributed by atoms with Gasteiger partial charge in [-0.25, -0.2) is 0 Å². The smallest absolute Gasteiger partial charge is 0.325 e. The highest BCUT2D eigenvalue weighted by atomic mass is 16.4. The van der Waals surface area contributed by atoms with E-state index in [-0.39, 0.29) is 11.5 Å². The molecule has 0 aliphatic heterocycles. The van der Waals surface area contributed by atoms with Gasteiger partial charge in [-0.15, -0.1) is 0 Å². The summed E-state index contributed by atoms with van der Waals surface area (Å²) in [4.78, 5) is 13.5. The van der Waals surface area contributed by atoms with Crippen LogP contribution in [-0.2, 0) is 4.79 Å². The van der Waals surface area contributed by atoms with E-state index in [4.69, 9.17) is 0 Å². The Morgan fingerprint density at radius 2 is 1.70 bits per heavy atom. The van der Waals surface area contributed by atoms with Gasteiger partial charge in [-0.2, -0.15) is 0 Å². The number of anilines is 1. The fourth-order valence-corrected chi connectivity index (χ4v) is 3.20. The standard InChI is InChI=1S/C21H22N2O4/c1-23(20-15-7-3-2-6-14(15)10-11-18(20)25)13-12-22-19(21(26)27)16-8-4-5-9-17(16)24/h2-11,19,22,24-25H,12-13H2,1H3,(H,26,27). The van der Waals surface area contributed by atoms with E-state index in [1.54, 1.807) is 24.3 Å². The molecule has 0 heterocycles. The maximum Gasteiger partial charge on any atom is 0.325 e. The van der Waals surface area contributed by atoms with Crippen LogP contribution in [0.5, 0.6) is 11.5 Å². The number of nitrogens with zero attached hydrogens (tertiary/aromatic N) is 1. The van der Waals surface area contributed by atoms with Crippen molar-refractivity contribution in [3.8, 4) is 11.5 Å². The van der Waals surface area contributed by atoms with Crippen LogP contribution in [0, 0.1) is 0 Å². The van der Waals surface area contributed by atoms with Crippen LogP contribution in [0.2, 0.25) is 0 Å². The molecule has 1 unspecified atom stereocenters. The molecule has 0 fully saturated rings. The van der Waals surface area contributed by atoms with E-state index in [0.717, 1.165) is 10.8 Å². The fourth-order valence-electron chi connectivity index (χ4n) is 3.20. The summed E-state index contributed by atoms with van der Waals surface area (Å²) in [7, 11) is 1.85. The molecule has 4 N–H and O–H groups in total. The highest BCUT2D eigenvalue weighted by molar-refractivity contribution is 5.97. The number of para-hydroxylation sites is 1. The number of aromatic hydroxyl groups is 2. The van der Waals surface area contributed by atoms with Gasteiger partial charge in [0.15, 0.2) is 0 Å². The van der Waals surface area contributed by atoms with Crippen molar-refractivity contribution in [3.63, 3.8) is 0 Å². The summed E-state index contributed by atoms with van der Waals surface area (Å²) in [6, 6.07) is 16.7. The average Bonchev–Trinajstić information content (AvgIpc) is 2.65. The fraction of sp³-hybridized carbons (Fsp3) is 0.190. The van der Waals surface area contributed by atoms with Crippen LogP contribution in [0.15, 0.2) is 60.7 Å². The Hall–Kier alpha value is -3.25. The maximum atomic E-state index is 11.6. The first-order valence-corrected chi connectivity index (χ1v) is 8.65. The van der Waals surface area contributed by atoms with Crippen LogP contribution in [0.25, 0.3) is 10.8 Å². The number of nitrogens with one attached hydrogen (secondary N) is 1. The van der Waals surface area contributed by atoms with Gasteiger partial charge in [-0.1, -0.05) is 48.5 Å². The van der Waals surface area contributed by atoms with Gasteiger partial charge >= 0.3 is 5.97 Å². The van der Waals surface area contributed by atoms with E-state index in [2.05, 4.69) is 5.32 Å². The van der Waals surface area contributed by atoms with Crippen LogP contribution in [0.4, 0.5) is 5.69 Å². The third kappa shape index (κ3) is 3.96. The molecule has 3 rings (SSSR count). The molecular weight excluding hydrogens is 344 g/mol. The van der Waals surface area contributed by atoms with Crippen molar-refractivity contribution in [1.82, 2.24) is 5.32 Å². The molecule has 0 aliphatic carbocycles. The van der Waals surface area contributed by atoms with E-state index in [9.17, 15) is 20.1 Å². The maximum absolute atomic E-state index is 11.6. The number of carboxylic acids is 1. The van der Waals surface area contributed by atoms with E-state index in [1.807, 2.05) is 42.3 Å². The van der Waals surface area contributed by atoms with E-state index in [1.165, 1.54) is 6.07 Å². The first kappa shape index (κ1) is 18.5. The van der Waals surface area contributed by atoms with Gasteiger partial charge in [0.2, 0.25) is 0 Å². The third-order valence-corrected chi connectivity index (χ3v) is 4.55.